The Morgan fingerprint density at radius 1 is 1.16 bits per heavy atom. The number of carbonyl (C=O) groups excluding carboxylic acids is 2. The fourth-order valence-corrected chi connectivity index (χ4v) is 4.52. The predicted octanol–water partition coefficient (Wildman–Crippen LogP) is 1.91. The number of imide groups is 1. The zero-order valence-corrected chi connectivity index (χ0v) is 14.0. The molecule has 3 aliphatic heterocycles. The highest BCUT2D eigenvalue weighted by atomic mass is 16.5. The molecule has 1 aromatic carbocycles. The molecule has 0 saturated carbocycles. The molecule has 128 valence electrons. The monoisotopic (exact) mass is 337 g/mol. The quantitative estimate of drug-likeness (QED) is 0.803. The van der Waals surface area contributed by atoms with E-state index in [1.165, 1.54) is 10.5 Å². The van der Waals surface area contributed by atoms with Crippen LogP contribution in [0, 0.1) is 18.8 Å². The first-order valence-corrected chi connectivity index (χ1v) is 8.73. The minimum Gasteiger partial charge on any atom is -0.373 e. The SMILES string of the molecule is Cc1cccc(Cn2cc(N3C(=O)[C@@H]4[C@H](C3=O)[C@H]3CC[C@@H]4O3)cn2)c1. The molecule has 2 amide bonds. The number of fused-ring (bicyclic) bond motifs is 5. The van der Waals surface area contributed by atoms with E-state index < -0.39 is 0 Å². The van der Waals surface area contributed by atoms with Crippen molar-refractivity contribution < 1.29 is 14.3 Å². The first-order valence-electron chi connectivity index (χ1n) is 8.73. The van der Waals surface area contributed by atoms with Crippen LogP contribution in [0.15, 0.2) is 36.7 Å². The van der Waals surface area contributed by atoms with Crippen LogP contribution in [0.1, 0.15) is 24.0 Å². The van der Waals surface area contributed by atoms with Crippen LogP contribution in [0.5, 0.6) is 0 Å². The van der Waals surface area contributed by atoms with Crippen molar-refractivity contribution in [1.82, 2.24) is 9.78 Å². The Hall–Kier alpha value is -2.47. The molecule has 0 unspecified atom stereocenters. The number of rotatable bonds is 3. The smallest absolute Gasteiger partial charge is 0.240 e. The summed E-state index contributed by atoms with van der Waals surface area (Å²) in [5.41, 5.74) is 2.89. The van der Waals surface area contributed by atoms with Crippen molar-refractivity contribution in [2.24, 2.45) is 11.8 Å². The van der Waals surface area contributed by atoms with E-state index in [0.29, 0.717) is 12.2 Å². The highest BCUT2D eigenvalue weighted by Gasteiger charge is 2.62. The van der Waals surface area contributed by atoms with Crippen molar-refractivity contribution in [2.75, 3.05) is 4.90 Å². The number of ether oxygens (including phenoxy) is 1. The summed E-state index contributed by atoms with van der Waals surface area (Å²) in [6.45, 7) is 2.66. The molecular formula is C19H19N3O3. The number of hydrogen-bond acceptors (Lipinski definition) is 4. The standard InChI is InChI=1S/C19H19N3O3/c1-11-3-2-4-12(7-11)9-21-10-13(8-20-21)22-18(23)16-14-5-6-15(25-14)17(16)19(22)24/h2-4,7-8,10,14-17H,5-6,9H2,1H3/t14-,15+,16-,17+. The Morgan fingerprint density at radius 3 is 2.56 bits per heavy atom. The van der Waals surface area contributed by atoms with Gasteiger partial charge in [0.15, 0.2) is 0 Å². The van der Waals surface area contributed by atoms with Crippen molar-refractivity contribution >= 4 is 17.5 Å². The molecule has 2 aromatic rings. The molecule has 0 aliphatic carbocycles. The van der Waals surface area contributed by atoms with Gasteiger partial charge in [-0.2, -0.15) is 5.10 Å². The van der Waals surface area contributed by atoms with Gasteiger partial charge in [0.1, 0.15) is 0 Å². The summed E-state index contributed by atoms with van der Waals surface area (Å²) in [4.78, 5) is 26.9. The lowest BCUT2D eigenvalue weighted by molar-refractivity contribution is -0.124. The van der Waals surface area contributed by atoms with Gasteiger partial charge >= 0.3 is 0 Å². The van der Waals surface area contributed by atoms with Crippen molar-refractivity contribution in [3.63, 3.8) is 0 Å². The molecule has 4 heterocycles. The number of amides is 2. The van der Waals surface area contributed by atoms with Gasteiger partial charge < -0.3 is 4.74 Å². The molecule has 2 bridgehead atoms. The van der Waals surface area contributed by atoms with Crippen LogP contribution in [-0.4, -0.2) is 33.8 Å². The number of carbonyl (C=O) groups is 2. The number of aromatic nitrogens is 2. The fourth-order valence-electron chi connectivity index (χ4n) is 4.52. The molecule has 6 heteroatoms. The highest BCUT2D eigenvalue weighted by molar-refractivity contribution is 6.22. The minimum absolute atomic E-state index is 0.0845. The zero-order valence-electron chi connectivity index (χ0n) is 14.0. The lowest BCUT2D eigenvalue weighted by Gasteiger charge is -2.15. The first-order chi connectivity index (χ1) is 12.1. The average molecular weight is 337 g/mol. The molecule has 1 aromatic heterocycles. The summed E-state index contributed by atoms with van der Waals surface area (Å²) in [5.74, 6) is -0.854. The van der Waals surface area contributed by atoms with Crippen molar-refractivity contribution in [3.05, 3.63) is 47.8 Å². The molecule has 3 fully saturated rings. The molecule has 0 spiro atoms. The van der Waals surface area contributed by atoms with Crippen LogP contribution in [0.4, 0.5) is 5.69 Å². The van der Waals surface area contributed by atoms with Gasteiger partial charge in [-0.05, 0) is 25.3 Å². The Bertz CT molecular complexity index is 846. The lowest BCUT2D eigenvalue weighted by Crippen LogP contribution is -2.33. The molecule has 6 nitrogen and oxygen atoms in total. The van der Waals surface area contributed by atoms with Gasteiger partial charge in [-0.1, -0.05) is 29.8 Å². The van der Waals surface area contributed by atoms with E-state index in [9.17, 15) is 9.59 Å². The van der Waals surface area contributed by atoms with Gasteiger partial charge in [-0.3, -0.25) is 14.3 Å². The Balaban J connectivity index is 1.40. The largest absolute Gasteiger partial charge is 0.373 e. The van der Waals surface area contributed by atoms with Crippen LogP contribution >= 0.6 is 0 Å². The van der Waals surface area contributed by atoms with E-state index in [1.54, 1.807) is 17.1 Å². The van der Waals surface area contributed by atoms with Crippen LogP contribution in [0.25, 0.3) is 0 Å². The maximum absolute atomic E-state index is 12.8. The maximum Gasteiger partial charge on any atom is 0.240 e. The molecule has 0 N–H and O–H groups in total. The van der Waals surface area contributed by atoms with Gasteiger partial charge in [0.25, 0.3) is 0 Å². The Labute approximate surface area is 145 Å². The summed E-state index contributed by atoms with van der Waals surface area (Å²) in [6, 6.07) is 8.21. The number of anilines is 1. The third-order valence-electron chi connectivity index (χ3n) is 5.59. The summed E-state index contributed by atoms with van der Waals surface area (Å²) < 4.78 is 7.54. The van der Waals surface area contributed by atoms with E-state index in [4.69, 9.17) is 4.74 Å². The normalized spacial score (nSPS) is 30.4. The topological polar surface area (TPSA) is 64.4 Å². The summed E-state index contributed by atoms with van der Waals surface area (Å²) in [6.07, 6.45) is 4.98. The molecule has 25 heavy (non-hydrogen) atoms. The predicted molar refractivity (Wildman–Crippen MR) is 89.9 cm³/mol. The third-order valence-corrected chi connectivity index (χ3v) is 5.59. The van der Waals surface area contributed by atoms with E-state index in [0.717, 1.165) is 18.4 Å². The maximum atomic E-state index is 12.8. The molecule has 4 atom stereocenters. The molecule has 3 saturated heterocycles. The average Bonchev–Trinajstić information content (AvgIpc) is 3.33. The highest BCUT2D eigenvalue weighted by Crippen LogP contribution is 2.49. The van der Waals surface area contributed by atoms with Crippen molar-refractivity contribution in [2.45, 2.75) is 38.5 Å². The third kappa shape index (κ3) is 2.17. The van der Waals surface area contributed by atoms with E-state index >= 15 is 0 Å². The van der Waals surface area contributed by atoms with Crippen LogP contribution in [0.3, 0.4) is 0 Å². The van der Waals surface area contributed by atoms with Gasteiger partial charge in [0.05, 0.1) is 42.5 Å². The second-order valence-corrected chi connectivity index (χ2v) is 7.24. The Kier molecular flexibility index (Phi) is 3.12. The zero-order chi connectivity index (χ0) is 17.1. The molecule has 3 aliphatic rings. The number of nitrogens with zero attached hydrogens (tertiary/aromatic N) is 3. The van der Waals surface area contributed by atoms with E-state index in [1.807, 2.05) is 12.1 Å². The lowest BCUT2D eigenvalue weighted by atomic mass is 9.81. The first kappa shape index (κ1) is 14.8. The molecule has 0 radical (unpaired) electrons. The second kappa shape index (κ2) is 5.26. The van der Waals surface area contributed by atoms with Crippen molar-refractivity contribution in [3.8, 4) is 0 Å². The van der Waals surface area contributed by atoms with Gasteiger partial charge in [0, 0.05) is 6.20 Å². The number of hydrogen-bond donors (Lipinski definition) is 0. The summed E-state index contributed by atoms with van der Waals surface area (Å²) in [7, 11) is 0. The van der Waals surface area contributed by atoms with E-state index in [2.05, 4.69) is 24.2 Å². The summed E-state index contributed by atoms with van der Waals surface area (Å²) in [5, 5.41) is 4.34. The van der Waals surface area contributed by atoms with Gasteiger partial charge in [0.2, 0.25) is 11.8 Å². The van der Waals surface area contributed by atoms with Crippen LogP contribution in [-0.2, 0) is 20.9 Å². The fraction of sp³-hybridized carbons (Fsp3) is 0.421. The van der Waals surface area contributed by atoms with Gasteiger partial charge in [-0.25, -0.2) is 4.90 Å². The minimum atomic E-state index is -0.300. The van der Waals surface area contributed by atoms with Crippen LogP contribution < -0.4 is 4.90 Å². The number of benzene rings is 1. The second-order valence-electron chi connectivity index (χ2n) is 7.24. The summed E-state index contributed by atoms with van der Waals surface area (Å²) >= 11 is 0. The van der Waals surface area contributed by atoms with Gasteiger partial charge in [-0.15, -0.1) is 0 Å². The Morgan fingerprint density at radius 2 is 1.88 bits per heavy atom. The van der Waals surface area contributed by atoms with Crippen molar-refractivity contribution in [1.29, 1.82) is 0 Å². The molecule has 5 rings (SSSR count). The van der Waals surface area contributed by atoms with Crippen LogP contribution in [0.2, 0.25) is 0 Å². The van der Waals surface area contributed by atoms with E-state index in [-0.39, 0.29) is 35.9 Å². The number of aryl methyl sites for hydroxylation is 1. The molecular weight excluding hydrogens is 318 g/mol.